The van der Waals surface area contributed by atoms with E-state index in [1.165, 1.54) is 11.3 Å². The zero-order valence-corrected chi connectivity index (χ0v) is 10.1. The topological polar surface area (TPSA) is 39.1 Å². The Labute approximate surface area is 97.3 Å². The molecule has 2 aromatic rings. The molecule has 0 saturated heterocycles. The highest BCUT2D eigenvalue weighted by atomic mass is 32.1. The van der Waals surface area contributed by atoms with E-state index in [0.29, 0.717) is 12.0 Å². The molecule has 3 nitrogen and oxygen atoms in total. The molecule has 0 spiro atoms. The van der Waals surface area contributed by atoms with Crippen molar-refractivity contribution >= 4 is 27.3 Å². The van der Waals surface area contributed by atoms with Crippen LogP contribution >= 0.6 is 11.3 Å². The maximum Gasteiger partial charge on any atom is 0.307 e. The van der Waals surface area contributed by atoms with Gasteiger partial charge in [-0.2, -0.15) is 0 Å². The standard InChI is InChI=1S/C12H13NO2S/c1-3-4-10(14)8-5-6-11-9(7-8)13(2)12(15)16-11/h5-7H,3-4H2,1-2H3. The summed E-state index contributed by atoms with van der Waals surface area (Å²) in [4.78, 5) is 23.2. The van der Waals surface area contributed by atoms with E-state index in [-0.39, 0.29) is 10.7 Å². The second-order valence-electron chi connectivity index (χ2n) is 3.78. The summed E-state index contributed by atoms with van der Waals surface area (Å²) in [5.74, 6) is 0.142. The van der Waals surface area contributed by atoms with Gasteiger partial charge in [0.25, 0.3) is 0 Å². The van der Waals surface area contributed by atoms with E-state index in [2.05, 4.69) is 0 Å². The van der Waals surface area contributed by atoms with E-state index in [1.54, 1.807) is 17.7 Å². The average Bonchev–Trinajstić information content (AvgIpc) is 2.55. The predicted octanol–water partition coefficient (Wildman–Crippen LogP) is 2.58. The Balaban J connectivity index is 2.55. The number of carbonyl (C=O) groups excluding carboxylic acids is 1. The van der Waals surface area contributed by atoms with Crippen molar-refractivity contribution in [2.24, 2.45) is 7.05 Å². The monoisotopic (exact) mass is 235 g/mol. The number of aryl methyl sites for hydroxylation is 1. The van der Waals surface area contributed by atoms with Crippen LogP contribution < -0.4 is 4.87 Å². The highest BCUT2D eigenvalue weighted by molar-refractivity contribution is 7.16. The van der Waals surface area contributed by atoms with E-state index in [1.807, 2.05) is 19.1 Å². The van der Waals surface area contributed by atoms with Crippen LogP contribution in [0.5, 0.6) is 0 Å². The predicted molar refractivity (Wildman–Crippen MR) is 66.3 cm³/mol. The van der Waals surface area contributed by atoms with Crippen molar-refractivity contribution in [2.45, 2.75) is 19.8 Å². The highest BCUT2D eigenvalue weighted by Gasteiger charge is 2.09. The van der Waals surface area contributed by atoms with E-state index in [9.17, 15) is 9.59 Å². The van der Waals surface area contributed by atoms with Crippen LogP contribution in [0.2, 0.25) is 0 Å². The molecule has 2 rings (SSSR count). The maximum absolute atomic E-state index is 11.7. The summed E-state index contributed by atoms with van der Waals surface area (Å²) in [5, 5.41) is 0. The zero-order valence-electron chi connectivity index (χ0n) is 9.32. The second-order valence-corrected chi connectivity index (χ2v) is 4.78. The molecule has 1 aromatic carbocycles. The van der Waals surface area contributed by atoms with Crippen LogP contribution in [0, 0.1) is 0 Å². The molecule has 0 aliphatic heterocycles. The molecule has 0 aliphatic rings. The van der Waals surface area contributed by atoms with Gasteiger partial charge in [0.05, 0.1) is 10.2 Å². The summed E-state index contributed by atoms with van der Waals surface area (Å²) in [6.45, 7) is 1.98. The molecule has 0 N–H and O–H groups in total. The van der Waals surface area contributed by atoms with E-state index in [0.717, 1.165) is 16.6 Å². The molecule has 0 saturated carbocycles. The van der Waals surface area contributed by atoms with Gasteiger partial charge in [0.2, 0.25) is 0 Å². The second kappa shape index (κ2) is 4.22. The lowest BCUT2D eigenvalue weighted by molar-refractivity contribution is 0.0982. The fourth-order valence-electron chi connectivity index (χ4n) is 1.67. The average molecular weight is 235 g/mol. The van der Waals surface area contributed by atoms with E-state index >= 15 is 0 Å². The number of fused-ring (bicyclic) bond motifs is 1. The number of hydrogen-bond acceptors (Lipinski definition) is 3. The van der Waals surface area contributed by atoms with Gasteiger partial charge in [-0.3, -0.25) is 9.59 Å². The molecule has 0 aliphatic carbocycles. The van der Waals surface area contributed by atoms with E-state index in [4.69, 9.17) is 0 Å². The van der Waals surface area contributed by atoms with Crippen molar-refractivity contribution in [1.82, 2.24) is 4.57 Å². The number of Topliss-reactive ketones (excluding diaryl/α,β-unsaturated/α-hetero) is 1. The Morgan fingerprint density at radius 3 is 2.88 bits per heavy atom. The van der Waals surface area contributed by atoms with Gasteiger partial charge < -0.3 is 4.57 Å². The van der Waals surface area contributed by atoms with Crippen molar-refractivity contribution in [3.63, 3.8) is 0 Å². The quantitative estimate of drug-likeness (QED) is 0.767. The van der Waals surface area contributed by atoms with Crippen LogP contribution in [0.1, 0.15) is 30.1 Å². The van der Waals surface area contributed by atoms with Gasteiger partial charge >= 0.3 is 4.87 Å². The summed E-state index contributed by atoms with van der Waals surface area (Å²) < 4.78 is 2.52. The number of ketones is 1. The van der Waals surface area contributed by atoms with Crippen molar-refractivity contribution in [2.75, 3.05) is 0 Å². The summed E-state index contributed by atoms with van der Waals surface area (Å²) in [7, 11) is 1.73. The lowest BCUT2D eigenvalue weighted by Crippen LogP contribution is -2.07. The van der Waals surface area contributed by atoms with Crippen LogP contribution in [-0.4, -0.2) is 10.4 Å². The Morgan fingerprint density at radius 1 is 1.44 bits per heavy atom. The Kier molecular flexibility index (Phi) is 2.92. The van der Waals surface area contributed by atoms with Crippen molar-refractivity contribution in [3.05, 3.63) is 33.4 Å². The first-order valence-corrected chi connectivity index (χ1v) is 6.08. The first-order valence-electron chi connectivity index (χ1n) is 5.26. The normalized spacial score (nSPS) is 10.9. The molecular formula is C12H13NO2S. The van der Waals surface area contributed by atoms with Crippen LogP contribution in [0.4, 0.5) is 0 Å². The van der Waals surface area contributed by atoms with Gasteiger partial charge in [-0.1, -0.05) is 18.3 Å². The Bertz CT molecular complexity index is 595. The van der Waals surface area contributed by atoms with Crippen LogP contribution in [0.25, 0.3) is 10.2 Å². The third-order valence-corrected chi connectivity index (χ3v) is 3.60. The third kappa shape index (κ3) is 1.80. The molecule has 0 bridgehead atoms. The summed E-state index contributed by atoms with van der Waals surface area (Å²) in [5.41, 5.74) is 1.54. The molecule has 0 radical (unpaired) electrons. The molecule has 0 amide bonds. The van der Waals surface area contributed by atoms with Gasteiger partial charge in [0, 0.05) is 19.0 Å². The van der Waals surface area contributed by atoms with Gasteiger partial charge in [0.1, 0.15) is 0 Å². The zero-order chi connectivity index (χ0) is 11.7. The van der Waals surface area contributed by atoms with Crippen LogP contribution in [0.15, 0.2) is 23.0 Å². The SMILES string of the molecule is CCCC(=O)c1ccc2sc(=O)n(C)c2c1. The number of carbonyl (C=O) groups is 1. The molecule has 4 heteroatoms. The smallest absolute Gasteiger partial charge is 0.302 e. The first kappa shape index (κ1) is 11.1. The number of hydrogen-bond donors (Lipinski definition) is 0. The van der Waals surface area contributed by atoms with Gasteiger partial charge in [0.15, 0.2) is 5.78 Å². The largest absolute Gasteiger partial charge is 0.307 e. The molecule has 16 heavy (non-hydrogen) atoms. The van der Waals surface area contributed by atoms with Crippen molar-refractivity contribution in [1.29, 1.82) is 0 Å². The number of nitrogens with zero attached hydrogens (tertiary/aromatic N) is 1. The van der Waals surface area contributed by atoms with Crippen molar-refractivity contribution in [3.8, 4) is 0 Å². The summed E-state index contributed by atoms with van der Waals surface area (Å²) in [6, 6.07) is 5.46. The third-order valence-electron chi connectivity index (χ3n) is 2.59. The van der Waals surface area contributed by atoms with Gasteiger partial charge in [-0.05, 0) is 24.6 Å². The number of rotatable bonds is 3. The van der Waals surface area contributed by atoms with Crippen LogP contribution in [-0.2, 0) is 7.05 Å². The lowest BCUT2D eigenvalue weighted by atomic mass is 10.1. The first-order chi connectivity index (χ1) is 7.63. The summed E-state index contributed by atoms with van der Waals surface area (Å²) in [6.07, 6.45) is 1.41. The minimum atomic E-state index is 0.00934. The lowest BCUT2D eigenvalue weighted by Gasteiger charge is -2.00. The number of thiazole rings is 1. The molecule has 1 aromatic heterocycles. The number of benzene rings is 1. The number of aromatic nitrogens is 1. The molecule has 0 atom stereocenters. The summed E-state index contributed by atoms with van der Waals surface area (Å²) >= 11 is 1.21. The minimum absolute atomic E-state index is 0.00934. The molecule has 1 heterocycles. The van der Waals surface area contributed by atoms with Crippen LogP contribution in [0.3, 0.4) is 0 Å². The minimum Gasteiger partial charge on any atom is -0.302 e. The van der Waals surface area contributed by atoms with Gasteiger partial charge in [-0.25, -0.2) is 0 Å². The highest BCUT2D eigenvalue weighted by Crippen LogP contribution is 2.19. The molecule has 0 fully saturated rings. The molecule has 0 unspecified atom stereocenters. The Morgan fingerprint density at radius 2 is 2.19 bits per heavy atom. The van der Waals surface area contributed by atoms with Gasteiger partial charge in [-0.15, -0.1) is 0 Å². The maximum atomic E-state index is 11.7. The molecule has 84 valence electrons. The fraction of sp³-hybridized carbons (Fsp3) is 0.333. The van der Waals surface area contributed by atoms with Crippen molar-refractivity contribution < 1.29 is 4.79 Å². The fourth-order valence-corrected chi connectivity index (χ4v) is 2.53. The van der Waals surface area contributed by atoms with E-state index < -0.39 is 0 Å². The Hall–Kier alpha value is -1.42. The molecular weight excluding hydrogens is 222 g/mol.